The summed E-state index contributed by atoms with van der Waals surface area (Å²) in [4.78, 5) is 0. The molecule has 0 saturated carbocycles. The molecule has 2 rings (SSSR count). The molecule has 0 amide bonds. The second-order valence-electron chi connectivity index (χ2n) is 4.16. The molecule has 108 valence electrons. The summed E-state index contributed by atoms with van der Waals surface area (Å²) < 4.78 is 32.5. The van der Waals surface area contributed by atoms with Gasteiger partial charge in [0.1, 0.15) is 4.21 Å². The highest BCUT2D eigenvalue weighted by atomic mass is 32.2. The molecule has 1 aromatic heterocycles. The first-order chi connectivity index (χ1) is 9.63. The zero-order chi connectivity index (χ0) is 14.4. The predicted molar refractivity (Wildman–Crippen MR) is 80.1 cm³/mol. The first kappa shape index (κ1) is 15.2. The van der Waals surface area contributed by atoms with Crippen molar-refractivity contribution in [3.8, 4) is 0 Å². The van der Waals surface area contributed by atoms with Gasteiger partial charge in [-0.1, -0.05) is 30.3 Å². The van der Waals surface area contributed by atoms with E-state index in [4.69, 9.17) is 4.74 Å². The highest BCUT2D eigenvalue weighted by Gasteiger charge is 2.15. The lowest BCUT2D eigenvalue weighted by Crippen LogP contribution is -2.23. The average Bonchev–Trinajstić information content (AvgIpc) is 2.99. The fourth-order valence-electron chi connectivity index (χ4n) is 1.74. The summed E-state index contributed by atoms with van der Waals surface area (Å²) in [5.41, 5.74) is 1.93. The van der Waals surface area contributed by atoms with Crippen molar-refractivity contribution in [2.75, 3.05) is 6.61 Å². The van der Waals surface area contributed by atoms with Crippen LogP contribution in [0.1, 0.15) is 18.1 Å². The maximum Gasteiger partial charge on any atom is 0.250 e. The van der Waals surface area contributed by atoms with Crippen molar-refractivity contribution >= 4 is 21.4 Å². The number of rotatable bonds is 7. The molecule has 20 heavy (non-hydrogen) atoms. The van der Waals surface area contributed by atoms with Gasteiger partial charge in [-0.2, -0.15) is 0 Å². The second kappa shape index (κ2) is 6.99. The van der Waals surface area contributed by atoms with E-state index in [9.17, 15) is 8.42 Å². The lowest BCUT2D eigenvalue weighted by Gasteiger charge is -2.10. The Balaban J connectivity index is 2.07. The van der Waals surface area contributed by atoms with Crippen molar-refractivity contribution < 1.29 is 13.2 Å². The van der Waals surface area contributed by atoms with E-state index >= 15 is 0 Å². The number of ether oxygens (including phenoxy) is 1. The van der Waals surface area contributed by atoms with Crippen LogP contribution in [0.5, 0.6) is 0 Å². The summed E-state index contributed by atoms with van der Waals surface area (Å²) >= 11 is 1.21. The van der Waals surface area contributed by atoms with Crippen LogP contribution in [0.25, 0.3) is 0 Å². The molecular formula is C14H17NO3S2. The Morgan fingerprint density at radius 3 is 2.55 bits per heavy atom. The summed E-state index contributed by atoms with van der Waals surface area (Å²) in [6, 6.07) is 11.0. The van der Waals surface area contributed by atoms with E-state index in [0.29, 0.717) is 17.4 Å². The number of benzene rings is 1. The average molecular weight is 311 g/mol. The maximum atomic E-state index is 12.1. The van der Waals surface area contributed by atoms with Gasteiger partial charge in [-0.3, -0.25) is 0 Å². The van der Waals surface area contributed by atoms with Gasteiger partial charge in [0, 0.05) is 13.2 Å². The number of nitrogens with one attached hydrogen (secondary N) is 1. The SMILES string of the molecule is CCOCc1ccccc1CNS(=O)(=O)c1cccs1. The molecular weight excluding hydrogens is 294 g/mol. The third kappa shape index (κ3) is 3.89. The van der Waals surface area contributed by atoms with Gasteiger partial charge in [-0.25, -0.2) is 13.1 Å². The normalized spacial score (nSPS) is 11.7. The Labute approximate surface area is 123 Å². The molecule has 0 aliphatic carbocycles. The fraction of sp³-hybridized carbons (Fsp3) is 0.286. The van der Waals surface area contributed by atoms with Crippen LogP contribution in [-0.4, -0.2) is 15.0 Å². The second-order valence-corrected chi connectivity index (χ2v) is 7.10. The minimum absolute atomic E-state index is 0.267. The van der Waals surface area contributed by atoms with Crippen molar-refractivity contribution in [1.82, 2.24) is 4.72 Å². The Bertz CT molecular complexity index is 636. The van der Waals surface area contributed by atoms with Crippen molar-refractivity contribution in [3.63, 3.8) is 0 Å². The first-order valence-corrected chi connectivity index (χ1v) is 8.67. The number of hydrogen-bond acceptors (Lipinski definition) is 4. The standard InChI is InChI=1S/C14H17NO3S2/c1-2-18-11-13-7-4-3-6-12(13)10-15-20(16,17)14-8-5-9-19-14/h3-9,15H,2,10-11H2,1H3. The molecule has 0 spiro atoms. The molecule has 0 aliphatic heterocycles. The molecule has 0 atom stereocenters. The van der Waals surface area contributed by atoms with Crippen molar-refractivity contribution in [2.45, 2.75) is 24.3 Å². The summed E-state index contributed by atoms with van der Waals surface area (Å²) in [7, 11) is -3.42. The van der Waals surface area contributed by atoms with E-state index in [1.54, 1.807) is 17.5 Å². The lowest BCUT2D eigenvalue weighted by atomic mass is 10.1. The molecule has 0 bridgehead atoms. The minimum Gasteiger partial charge on any atom is -0.377 e. The van der Waals surface area contributed by atoms with Crippen LogP contribution in [0.3, 0.4) is 0 Å². The molecule has 1 heterocycles. The highest BCUT2D eigenvalue weighted by molar-refractivity contribution is 7.91. The predicted octanol–water partition coefficient (Wildman–Crippen LogP) is 2.76. The van der Waals surface area contributed by atoms with Crippen molar-refractivity contribution in [3.05, 3.63) is 52.9 Å². The topological polar surface area (TPSA) is 55.4 Å². The van der Waals surface area contributed by atoms with Gasteiger partial charge in [-0.05, 0) is 29.5 Å². The third-order valence-corrected chi connectivity index (χ3v) is 5.59. The monoisotopic (exact) mass is 311 g/mol. The molecule has 0 fully saturated rings. The molecule has 0 radical (unpaired) electrons. The van der Waals surface area contributed by atoms with Crippen molar-refractivity contribution in [1.29, 1.82) is 0 Å². The number of sulfonamides is 1. The molecule has 0 saturated heterocycles. The first-order valence-electron chi connectivity index (χ1n) is 6.31. The van der Waals surface area contributed by atoms with Gasteiger partial charge in [-0.15, -0.1) is 11.3 Å². The van der Waals surface area contributed by atoms with Gasteiger partial charge >= 0.3 is 0 Å². The summed E-state index contributed by atoms with van der Waals surface area (Å²) in [5, 5.41) is 1.75. The van der Waals surface area contributed by atoms with E-state index in [-0.39, 0.29) is 6.54 Å². The Hall–Kier alpha value is -1.21. The highest BCUT2D eigenvalue weighted by Crippen LogP contribution is 2.17. The quantitative estimate of drug-likeness (QED) is 0.855. The Morgan fingerprint density at radius 1 is 1.15 bits per heavy atom. The molecule has 2 aromatic rings. The summed E-state index contributed by atoms with van der Waals surface area (Å²) in [6.45, 7) is 3.33. The van der Waals surface area contributed by atoms with Crippen LogP contribution in [-0.2, 0) is 27.9 Å². The summed E-state index contributed by atoms with van der Waals surface area (Å²) in [5.74, 6) is 0. The largest absolute Gasteiger partial charge is 0.377 e. The van der Waals surface area contributed by atoms with Crippen LogP contribution in [0.15, 0.2) is 46.0 Å². The summed E-state index contributed by atoms with van der Waals surface area (Å²) in [6.07, 6.45) is 0. The maximum absolute atomic E-state index is 12.1. The lowest BCUT2D eigenvalue weighted by molar-refractivity contribution is 0.133. The van der Waals surface area contributed by atoms with Gasteiger partial charge in [0.15, 0.2) is 0 Å². The Morgan fingerprint density at radius 2 is 1.90 bits per heavy atom. The molecule has 1 N–H and O–H groups in total. The van der Waals surface area contributed by atoms with E-state index in [0.717, 1.165) is 11.1 Å². The minimum atomic E-state index is -3.42. The van der Waals surface area contributed by atoms with E-state index in [1.165, 1.54) is 11.3 Å². The van der Waals surface area contributed by atoms with E-state index in [2.05, 4.69) is 4.72 Å². The van der Waals surface area contributed by atoms with Gasteiger partial charge in [0.2, 0.25) is 10.0 Å². The fourth-order valence-corrected chi connectivity index (χ4v) is 3.79. The van der Waals surface area contributed by atoms with E-state index < -0.39 is 10.0 Å². The molecule has 6 heteroatoms. The smallest absolute Gasteiger partial charge is 0.250 e. The number of hydrogen-bond donors (Lipinski definition) is 1. The number of thiophene rings is 1. The van der Waals surface area contributed by atoms with Crippen LogP contribution < -0.4 is 4.72 Å². The van der Waals surface area contributed by atoms with Crippen LogP contribution in [0, 0.1) is 0 Å². The van der Waals surface area contributed by atoms with Gasteiger partial charge < -0.3 is 4.74 Å². The van der Waals surface area contributed by atoms with Crippen LogP contribution in [0.2, 0.25) is 0 Å². The molecule has 1 aromatic carbocycles. The van der Waals surface area contributed by atoms with Crippen molar-refractivity contribution in [2.24, 2.45) is 0 Å². The van der Waals surface area contributed by atoms with Crippen LogP contribution >= 0.6 is 11.3 Å². The molecule has 4 nitrogen and oxygen atoms in total. The zero-order valence-corrected chi connectivity index (χ0v) is 12.8. The van der Waals surface area contributed by atoms with Gasteiger partial charge in [0.05, 0.1) is 6.61 Å². The van der Waals surface area contributed by atoms with Gasteiger partial charge in [0.25, 0.3) is 0 Å². The molecule has 0 aliphatic rings. The third-order valence-electron chi connectivity index (χ3n) is 2.79. The zero-order valence-electron chi connectivity index (χ0n) is 11.2. The Kier molecular flexibility index (Phi) is 5.31. The van der Waals surface area contributed by atoms with Crippen LogP contribution in [0.4, 0.5) is 0 Å². The van der Waals surface area contributed by atoms with E-state index in [1.807, 2.05) is 31.2 Å². The molecule has 0 unspecified atom stereocenters.